The topological polar surface area (TPSA) is 67.8 Å². The van der Waals surface area contributed by atoms with Gasteiger partial charge in [0.25, 0.3) is 0 Å². The van der Waals surface area contributed by atoms with Gasteiger partial charge in [-0.25, -0.2) is 18.7 Å². The monoisotopic (exact) mass is 554 g/mol. The maximum atomic E-state index is 14.7. The first kappa shape index (κ1) is 25.8. The molecule has 43 heavy (non-hydrogen) atoms. The third kappa shape index (κ3) is 4.30. The molecule has 0 saturated carbocycles. The van der Waals surface area contributed by atoms with Gasteiger partial charge in [-0.1, -0.05) is 72.8 Å². The Morgan fingerprint density at radius 3 is 1.30 bits per heavy atom. The van der Waals surface area contributed by atoms with Crippen molar-refractivity contribution in [1.29, 1.82) is 5.26 Å². The third-order valence-corrected chi connectivity index (χ3v) is 7.72. The summed E-state index contributed by atoms with van der Waals surface area (Å²) in [7, 11) is 0. The molecule has 5 heteroatoms. The zero-order valence-corrected chi connectivity index (χ0v) is 23.0. The molecule has 0 fully saturated rings. The second-order valence-electron chi connectivity index (χ2n) is 10.2. The van der Waals surface area contributed by atoms with Gasteiger partial charge < -0.3 is 0 Å². The molecule has 0 N–H and O–H groups in total. The van der Waals surface area contributed by atoms with E-state index in [4.69, 9.17) is 0 Å². The number of aromatic nitrogens is 2. The Morgan fingerprint density at radius 2 is 0.884 bits per heavy atom. The van der Waals surface area contributed by atoms with E-state index in [0.29, 0.717) is 28.2 Å². The van der Waals surface area contributed by atoms with Gasteiger partial charge in [0.05, 0.1) is 50.9 Å². The molecule has 7 rings (SSSR count). The molecule has 0 bridgehead atoms. The maximum absolute atomic E-state index is 14.7. The lowest BCUT2D eigenvalue weighted by Crippen LogP contribution is -2.24. The number of fused-ring (bicyclic) bond motifs is 2. The average Bonchev–Trinajstić information content (AvgIpc) is 3.24. The van der Waals surface area contributed by atoms with Crippen molar-refractivity contribution in [3.8, 4) is 40.0 Å². The van der Waals surface area contributed by atoms with Crippen LogP contribution in [0.5, 0.6) is 0 Å². The van der Waals surface area contributed by atoms with Gasteiger partial charge in [0, 0.05) is 0 Å². The van der Waals surface area contributed by atoms with E-state index in [1.807, 2.05) is 133 Å². The molecule has 0 aromatic heterocycles. The number of hydrogen-bond donors (Lipinski definition) is 0. The van der Waals surface area contributed by atoms with Gasteiger partial charge in [-0.2, -0.15) is 5.26 Å². The highest BCUT2D eigenvalue weighted by atomic mass is 16.1. The van der Waals surface area contributed by atoms with Crippen LogP contribution in [0, 0.1) is 17.2 Å². The molecule has 0 atom stereocenters. The van der Waals surface area contributed by atoms with Crippen molar-refractivity contribution in [3.05, 3.63) is 194 Å². The summed E-state index contributed by atoms with van der Waals surface area (Å²) in [6.07, 6.45) is 0. The average molecular weight is 555 g/mol. The van der Waals surface area contributed by atoms with Crippen LogP contribution in [-0.4, -0.2) is 9.13 Å². The van der Waals surface area contributed by atoms with Gasteiger partial charge >= 0.3 is 11.1 Å². The summed E-state index contributed by atoms with van der Waals surface area (Å²) in [6.45, 7) is 0. The Kier molecular flexibility index (Phi) is 6.42. The van der Waals surface area contributed by atoms with Crippen LogP contribution in [0.4, 0.5) is 0 Å². The lowest BCUT2D eigenvalue weighted by atomic mass is 9.82. The zero-order valence-electron chi connectivity index (χ0n) is 23.0. The minimum Gasteiger partial charge on any atom is -0.248 e. The standard InChI is InChI=1S/C38H24N3O2/c39-25-26-21-23-27(24-22-26)34(35-30-17-9-3-11-19-32(30)40(37(35)42)28-13-5-1-6-14-28)36-31-18-10-4-12-20-33(31)41(38(36)43)29-15-7-2-8-16-29/h1-24H/q+1. The number of nitriles is 1. The zero-order chi connectivity index (χ0) is 29.3. The fourth-order valence-electron chi connectivity index (χ4n) is 5.84. The summed E-state index contributed by atoms with van der Waals surface area (Å²) in [5, 5.41) is 9.52. The van der Waals surface area contributed by atoms with Crippen LogP contribution in [0.3, 0.4) is 0 Å². The van der Waals surface area contributed by atoms with Crippen molar-refractivity contribution < 1.29 is 0 Å². The Morgan fingerprint density at radius 1 is 0.488 bits per heavy atom. The minimum atomic E-state index is -0.230. The van der Waals surface area contributed by atoms with E-state index >= 15 is 0 Å². The van der Waals surface area contributed by atoms with Crippen LogP contribution in [0.2, 0.25) is 0 Å². The molecule has 2 aliphatic heterocycles. The molecule has 0 unspecified atom stereocenters. The number of hydrogen-bond acceptors (Lipinski definition) is 3. The highest BCUT2D eigenvalue weighted by Gasteiger charge is 2.40. The van der Waals surface area contributed by atoms with Crippen molar-refractivity contribution >= 4 is 0 Å². The SMILES string of the molecule is N#Cc1ccc([C+](c2c3cccccc-3n(-c3ccccc3)c2=O)c2c3cccccc-3n(-c3ccccc3)c2=O)cc1. The van der Waals surface area contributed by atoms with Crippen LogP contribution in [0.1, 0.15) is 22.3 Å². The van der Waals surface area contributed by atoms with Crippen molar-refractivity contribution in [1.82, 2.24) is 9.13 Å². The van der Waals surface area contributed by atoms with Crippen molar-refractivity contribution in [2.24, 2.45) is 0 Å². The summed E-state index contributed by atoms with van der Waals surface area (Å²) in [4.78, 5) is 29.3. The van der Waals surface area contributed by atoms with E-state index in [1.165, 1.54) is 0 Å². The fourth-order valence-corrected chi connectivity index (χ4v) is 5.84. The summed E-state index contributed by atoms with van der Waals surface area (Å²) in [5.41, 5.74) is 5.92. The molecular formula is C38H24N3O2+. The number of benzene rings is 3. The Hall–Kier alpha value is -6.12. The Balaban J connectivity index is 1.62. The van der Waals surface area contributed by atoms with E-state index in [9.17, 15) is 14.9 Å². The van der Waals surface area contributed by atoms with Crippen LogP contribution < -0.4 is 11.1 Å². The largest absolute Gasteiger partial charge is 0.312 e. The van der Waals surface area contributed by atoms with Gasteiger partial charge in [0.15, 0.2) is 0 Å². The molecule has 0 amide bonds. The second-order valence-corrected chi connectivity index (χ2v) is 10.2. The van der Waals surface area contributed by atoms with Crippen LogP contribution >= 0.6 is 0 Å². The summed E-state index contributed by atoms with van der Waals surface area (Å²) in [5.74, 6) is 0.524. The van der Waals surface area contributed by atoms with Crippen LogP contribution in [0.25, 0.3) is 33.9 Å². The molecule has 5 nitrogen and oxygen atoms in total. The fraction of sp³-hybridized carbons (Fsp3) is 0. The molecule has 3 aromatic carbocycles. The summed E-state index contributed by atoms with van der Waals surface area (Å²) >= 11 is 0. The molecule has 0 saturated heterocycles. The van der Waals surface area contributed by atoms with Crippen molar-refractivity contribution in [2.75, 3.05) is 0 Å². The predicted octanol–water partition coefficient (Wildman–Crippen LogP) is 7.09. The first-order valence-electron chi connectivity index (χ1n) is 13.9. The van der Waals surface area contributed by atoms with E-state index in [0.717, 1.165) is 33.9 Å². The highest BCUT2D eigenvalue weighted by Crippen LogP contribution is 2.41. The lowest BCUT2D eigenvalue weighted by Gasteiger charge is -2.11. The van der Waals surface area contributed by atoms with Gasteiger partial charge in [-0.15, -0.1) is 0 Å². The Labute approximate surface area is 248 Å². The predicted molar refractivity (Wildman–Crippen MR) is 169 cm³/mol. The molecule has 202 valence electrons. The van der Waals surface area contributed by atoms with Gasteiger partial charge in [0.2, 0.25) is 0 Å². The molecule has 3 aromatic rings. The lowest BCUT2D eigenvalue weighted by molar-refractivity contribution is 1.01. The second kappa shape index (κ2) is 10.7. The quantitative estimate of drug-likeness (QED) is 0.213. The summed E-state index contributed by atoms with van der Waals surface area (Å²) < 4.78 is 3.41. The molecule has 4 aliphatic rings. The van der Waals surface area contributed by atoms with Gasteiger partial charge in [-0.05, 0) is 72.8 Å². The van der Waals surface area contributed by atoms with Crippen molar-refractivity contribution in [2.45, 2.75) is 0 Å². The van der Waals surface area contributed by atoms with E-state index in [1.54, 1.807) is 21.3 Å². The third-order valence-electron chi connectivity index (χ3n) is 7.72. The molecule has 0 radical (unpaired) electrons. The van der Waals surface area contributed by atoms with Crippen LogP contribution in [-0.2, 0) is 0 Å². The number of para-hydroxylation sites is 2. The highest BCUT2D eigenvalue weighted by molar-refractivity contribution is 5.82. The van der Waals surface area contributed by atoms with Crippen LogP contribution in [0.15, 0.2) is 155 Å². The van der Waals surface area contributed by atoms with E-state index < -0.39 is 0 Å². The normalized spacial score (nSPS) is 11.0. The van der Waals surface area contributed by atoms with E-state index in [2.05, 4.69) is 6.07 Å². The summed E-state index contributed by atoms with van der Waals surface area (Å²) in [6, 6.07) is 47.5. The molecule has 0 spiro atoms. The first-order chi connectivity index (χ1) is 21.2. The number of nitrogens with zero attached hydrogens (tertiary/aromatic N) is 3. The number of rotatable bonds is 5. The Bertz CT molecular complexity index is 2040. The maximum Gasteiger partial charge on any atom is 0.312 e. The molecule has 2 aliphatic carbocycles. The smallest absolute Gasteiger partial charge is 0.248 e. The molecule has 2 heterocycles. The van der Waals surface area contributed by atoms with Crippen molar-refractivity contribution in [3.63, 3.8) is 0 Å². The van der Waals surface area contributed by atoms with Gasteiger partial charge in [0.1, 0.15) is 17.2 Å². The van der Waals surface area contributed by atoms with E-state index in [-0.39, 0.29) is 11.1 Å². The minimum absolute atomic E-state index is 0.230. The molecular weight excluding hydrogens is 530 g/mol. The first-order valence-corrected chi connectivity index (χ1v) is 13.9. The van der Waals surface area contributed by atoms with Gasteiger partial charge in [-0.3, -0.25) is 0 Å².